The molecule has 8 nitrogen and oxygen atoms in total. The number of Topliss-reactive ketones (excluding diaryl/α,β-unsaturated/α-hetero) is 1. The van der Waals surface area contributed by atoms with Gasteiger partial charge in [0.15, 0.2) is 5.78 Å². The van der Waals surface area contributed by atoms with Crippen molar-refractivity contribution in [3.8, 4) is 0 Å². The third-order valence-corrected chi connectivity index (χ3v) is 6.75. The third kappa shape index (κ3) is 8.48. The van der Waals surface area contributed by atoms with Crippen LogP contribution in [-0.2, 0) is 19.1 Å². The van der Waals surface area contributed by atoms with Gasteiger partial charge < -0.3 is 25.4 Å². The number of hydrogen-bond donors (Lipinski definition) is 3. The van der Waals surface area contributed by atoms with Crippen molar-refractivity contribution in [2.24, 2.45) is 16.6 Å². The summed E-state index contributed by atoms with van der Waals surface area (Å²) in [6, 6.07) is 5.46. The highest BCUT2D eigenvalue weighted by Gasteiger charge is 2.34. The predicted octanol–water partition coefficient (Wildman–Crippen LogP) is 6.34. The van der Waals surface area contributed by atoms with Crippen LogP contribution in [0.2, 0.25) is 5.02 Å². The highest BCUT2D eigenvalue weighted by molar-refractivity contribution is 6.32. The number of carbonyl (C=O) groups excluding carboxylic acids is 1. The molecule has 0 saturated heterocycles. The van der Waals surface area contributed by atoms with Gasteiger partial charge >= 0.3 is 5.97 Å². The maximum atomic E-state index is 13.2. The summed E-state index contributed by atoms with van der Waals surface area (Å²) in [5.41, 5.74) is 10.3. The molecule has 0 spiro atoms. The molecule has 1 aliphatic carbocycles. The number of nitrogens with two attached hydrogens (primary N) is 1. The van der Waals surface area contributed by atoms with Gasteiger partial charge in [0.05, 0.1) is 28.4 Å². The molecule has 0 atom stereocenters. The lowest BCUT2D eigenvalue weighted by Crippen LogP contribution is -2.19. The molecule has 1 aromatic rings. The SMILES string of the molecule is C=C/C(CC(=O)O)=C(O)\C=C1\CCC(N=C(/C=C\C)OCC(C(=O)C2CC2)=C(N)c2c(C)cccc2Cl)=COC1. The van der Waals surface area contributed by atoms with Gasteiger partial charge in [-0.3, -0.25) is 9.59 Å². The summed E-state index contributed by atoms with van der Waals surface area (Å²) >= 11 is 6.44. The van der Waals surface area contributed by atoms with Gasteiger partial charge in [-0.1, -0.05) is 42.5 Å². The van der Waals surface area contributed by atoms with Crippen LogP contribution in [0.3, 0.4) is 0 Å². The van der Waals surface area contributed by atoms with Gasteiger partial charge in [0, 0.05) is 17.1 Å². The fraction of sp³-hybridized carbons (Fsp3) is 0.323. The zero-order valence-electron chi connectivity index (χ0n) is 22.8. The van der Waals surface area contributed by atoms with Gasteiger partial charge in [-0.2, -0.15) is 0 Å². The number of carboxylic acids is 1. The first-order valence-electron chi connectivity index (χ1n) is 13.0. The number of hydrogen-bond acceptors (Lipinski definition) is 7. The Morgan fingerprint density at radius 3 is 2.65 bits per heavy atom. The van der Waals surface area contributed by atoms with Gasteiger partial charge in [0.25, 0.3) is 0 Å². The van der Waals surface area contributed by atoms with Crippen molar-refractivity contribution in [1.29, 1.82) is 0 Å². The summed E-state index contributed by atoms with van der Waals surface area (Å²) in [4.78, 5) is 28.8. The Labute approximate surface area is 239 Å². The minimum atomic E-state index is -1.06. The summed E-state index contributed by atoms with van der Waals surface area (Å²) in [5, 5.41) is 19.8. The van der Waals surface area contributed by atoms with Crippen LogP contribution in [0.5, 0.6) is 0 Å². The lowest BCUT2D eigenvalue weighted by atomic mass is 9.98. The van der Waals surface area contributed by atoms with Gasteiger partial charge in [0.1, 0.15) is 25.2 Å². The molecule has 0 aromatic heterocycles. The molecule has 3 rings (SSSR count). The van der Waals surface area contributed by atoms with Gasteiger partial charge in [-0.05, 0) is 68.9 Å². The number of aliphatic hydroxyl groups is 1. The smallest absolute Gasteiger partial charge is 0.307 e. The molecular weight excluding hydrogens is 532 g/mol. The molecule has 0 radical (unpaired) electrons. The number of aliphatic imine (C=N–C) groups is 1. The molecule has 0 bridgehead atoms. The molecule has 212 valence electrons. The fourth-order valence-electron chi connectivity index (χ4n) is 4.12. The minimum absolute atomic E-state index is 0.0434. The van der Waals surface area contributed by atoms with E-state index in [-0.39, 0.29) is 48.6 Å². The first-order valence-corrected chi connectivity index (χ1v) is 13.4. The van der Waals surface area contributed by atoms with Crippen LogP contribution in [-0.4, -0.2) is 41.1 Å². The number of aryl methyl sites for hydroxylation is 1. The number of ketones is 1. The van der Waals surface area contributed by atoms with Gasteiger partial charge in [-0.25, -0.2) is 4.99 Å². The number of ether oxygens (including phenoxy) is 2. The Kier molecular flexibility index (Phi) is 11.0. The Bertz CT molecular complexity index is 1330. The normalized spacial score (nSPS) is 18.3. The number of halogens is 1. The topological polar surface area (TPSA) is 131 Å². The van der Waals surface area contributed by atoms with Crippen molar-refractivity contribution >= 4 is 34.9 Å². The second-order valence-electron chi connectivity index (χ2n) is 9.61. The lowest BCUT2D eigenvalue weighted by molar-refractivity contribution is -0.136. The van der Waals surface area contributed by atoms with Gasteiger partial charge in [0.2, 0.25) is 5.90 Å². The predicted molar refractivity (Wildman–Crippen MR) is 157 cm³/mol. The van der Waals surface area contributed by atoms with Crippen molar-refractivity contribution in [3.05, 3.63) is 99.7 Å². The molecule has 4 N–H and O–H groups in total. The van der Waals surface area contributed by atoms with E-state index in [2.05, 4.69) is 11.6 Å². The van der Waals surface area contributed by atoms with Crippen molar-refractivity contribution in [1.82, 2.24) is 0 Å². The molecule has 0 amide bonds. The molecule has 1 fully saturated rings. The molecule has 1 aromatic carbocycles. The Hall–Kier alpha value is -4.04. The van der Waals surface area contributed by atoms with Crippen LogP contribution < -0.4 is 5.73 Å². The second kappa shape index (κ2) is 14.4. The summed E-state index contributed by atoms with van der Waals surface area (Å²) in [6.45, 7) is 7.43. The second-order valence-corrected chi connectivity index (χ2v) is 10.0. The molecule has 9 heteroatoms. The zero-order chi connectivity index (χ0) is 29.2. The van der Waals surface area contributed by atoms with Crippen LogP contribution >= 0.6 is 11.6 Å². The third-order valence-electron chi connectivity index (χ3n) is 6.44. The average Bonchev–Trinajstić information content (AvgIpc) is 3.76. The summed E-state index contributed by atoms with van der Waals surface area (Å²) in [6.07, 6.45) is 10.1. The molecule has 2 aliphatic rings. The van der Waals surface area contributed by atoms with Crippen LogP contribution in [0.1, 0.15) is 50.2 Å². The van der Waals surface area contributed by atoms with Crippen molar-refractivity contribution < 1.29 is 29.3 Å². The van der Waals surface area contributed by atoms with E-state index in [9.17, 15) is 14.7 Å². The monoisotopic (exact) mass is 566 g/mol. The molecule has 1 saturated carbocycles. The van der Waals surface area contributed by atoms with E-state index in [1.54, 1.807) is 18.2 Å². The summed E-state index contributed by atoms with van der Waals surface area (Å²) < 4.78 is 11.6. The Morgan fingerprint density at radius 1 is 1.27 bits per heavy atom. The maximum absolute atomic E-state index is 13.2. The Balaban J connectivity index is 1.80. The average molecular weight is 567 g/mol. The van der Waals surface area contributed by atoms with Crippen LogP contribution in [0.25, 0.3) is 5.70 Å². The number of carbonyl (C=O) groups is 2. The highest BCUT2D eigenvalue weighted by atomic mass is 35.5. The molecular formula is C31H35ClN2O6. The van der Waals surface area contributed by atoms with Crippen molar-refractivity contribution in [2.75, 3.05) is 13.2 Å². The molecule has 1 aliphatic heterocycles. The van der Waals surface area contributed by atoms with E-state index in [1.165, 1.54) is 18.4 Å². The van der Waals surface area contributed by atoms with Crippen molar-refractivity contribution in [3.63, 3.8) is 0 Å². The van der Waals surface area contributed by atoms with E-state index >= 15 is 0 Å². The van der Waals surface area contributed by atoms with Gasteiger partial charge in [-0.15, -0.1) is 0 Å². The quantitative estimate of drug-likeness (QED) is 0.0936. The minimum Gasteiger partial charge on any atom is -0.508 e. The van der Waals surface area contributed by atoms with Crippen LogP contribution in [0, 0.1) is 12.8 Å². The van der Waals surface area contributed by atoms with E-state index in [4.69, 9.17) is 31.9 Å². The largest absolute Gasteiger partial charge is 0.508 e. The number of aliphatic carboxylic acids is 1. The standard InChI is InChI=1S/C31H35ClN2O6/c1-4-7-27(34-23-13-10-20(16-39-17-23)14-26(35)21(5-2)15-28(36)37)40-18-24(31(38)22-11-12-22)30(33)29-19(3)8-6-9-25(29)32/h4-9,14,17,22,35H,2,10-13,15-16,18,33H2,1,3H3,(H,36,37)/b7-4-,20-14-,26-21-,30-24?,34-27?. The number of nitrogens with zero attached hydrogens (tertiary/aromatic N) is 1. The zero-order valence-corrected chi connectivity index (χ0v) is 23.5. The van der Waals surface area contributed by atoms with E-state index in [0.717, 1.165) is 24.0 Å². The molecule has 1 heterocycles. The van der Waals surface area contributed by atoms with E-state index in [1.807, 2.05) is 26.0 Å². The van der Waals surface area contributed by atoms with Crippen LogP contribution in [0.15, 0.2) is 88.5 Å². The first kappa shape index (κ1) is 30.5. The summed E-state index contributed by atoms with van der Waals surface area (Å²) in [7, 11) is 0. The number of allylic oxidation sites excluding steroid dienone is 4. The van der Waals surface area contributed by atoms with E-state index in [0.29, 0.717) is 40.4 Å². The number of aliphatic hydroxyl groups excluding tert-OH is 1. The van der Waals surface area contributed by atoms with Crippen molar-refractivity contribution in [2.45, 2.75) is 46.0 Å². The highest BCUT2D eigenvalue weighted by Crippen LogP contribution is 2.35. The first-order chi connectivity index (χ1) is 19.1. The van der Waals surface area contributed by atoms with E-state index < -0.39 is 5.97 Å². The maximum Gasteiger partial charge on any atom is 0.307 e. The fourth-order valence-corrected chi connectivity index (χ4v) is 4.45. The lowest BCUT2D eigenvalue weighted by Gasteiger charge is -2.15. The van der Waals surface area contributed by atoms with Crippen LogP contribution in [0.4, 0.5) is 0 Å². The number of benzene rings is 1. The number of carboxylic acid groups (broad SMARTS) is 1. The molecule has 40 heavy (non-hydrogen) atoms. The number of rotatable bonds is 11. The molecule has 0 unspecified atom stereocenters. The summed E-state index contributed by atoms with van der Waals surface area (Å²) in [5.74, 6) is -1.04. The Morgan fingerprint density at radius 2 is 2.02 bits per heavy atom.